The molecule has 4 nitrogen and oxygen atoms in total. The Morgan fingerprint density at radius 1 is 0.684 bits per heavy atom. The summed E-state index contributed by atoms with van der Waals surface area (Å²) in [6.45, 7) is 17.0. The molecule has 0 aromatic heterocycles. The molecule has 0 fully saturated rings. The van der Waals surface area contributed by atoms with Crippen LogP contribution in [0.15, 0.2) is 0 Å². The largest absolute Gasteiger partial charge is 0.377 e. The van der Waals surface area contributed by atoms with Crippen LogP contribution in [0.25, 0.3) is 0 Å². The molecule has 0 rings (SSSR count). The van der Waals surface area contributed by atoms with Crippen LogP contribution in [0.3, 0.4) is 0 Å². The lowest BCUT2D eigenvalue weighted by Gasteiger charge is -2.21. The second-order valence-corrected chi connectivity index (χ2v) is 6.13. The van der Waals surface area contributed by atoms with E-state index in [0.717, 1.165) is 13.2 Å². The fourth-order valence-corrected chi connectivity index (χ4v) is 2.00. The van der Waals surface area contributed by atoms with Crippen molar-refractivity contribution in [1.82, 2.24) is 10.6 Å². The second-order valence-electron chi connectivity index (χ2n) is 6.13. The summed E-state index contributed by atoms with van der Waals surface area (Å²) in [7, 11) is 0. The highest BCUT2D eigenvalue weighted by Gasteiger charge is 2.09. The van der Waals surface area contributed by atoms with Gasteiger partial charge in [-0.3, -0.25) is 0 Å². The monoisotopic (exact) mass is 274 g/mol. The van der Waals surface area contributed by atoms with E-state index in [1.165, 1.54) is 0 Å². The van der Waals surface area contributed by atoms with Crippen LogP contribution in [-0.2, 0) is 9.47 Å². The molecule has 0 aromatic carbocycles. The lowest BCUT2D eigenvalue weighted by atomic mass is 10.3. The van der Waals surface area contributed by atoms with Gasteiger partial charge in [0.25, 0.3) is 0 Å². The molecular formula is C15H34N2O2. The summed E-state index contributed by atoms with van der Waals surface area (Å²) < 4.78 is 11.4. The molecule has 0 aliphatic heterocycles. The minimum absolute atomic E-state index is 0.141. The summed E-state index contributed by atoms with van der Waals surface area (Å²) in [5.41, 5.74) is 0. The summed E-state index contributed by atoms with van der Waals surface area (Å²) in [6.07, 6.45) is 0.141. The van der Waals surface area contributed by atoms with Crippen molar-refractivity contribution < 1.29 is 9.47 Å². The van der Waals surface area contributed by atoms with Crippen molar-refractivity contribution in [2.75, 3.05) is 19.8 Å². The van der Waals surface area contributed by atoms with E-state index in [2.05, 4.69) is 59.1 Å². The lowest BCUT2D eigenvalue weighted by Crippen LogP contribution is -2.38. The molecule has 3 atom stereocenters. The third kappa shape index (κ3) is 12.6. The van der Waals surface area contributed by atoms with E-state index in [0.29, 0.717) is 30.8 Å². The third-order valence-electron chi connectivity index (χ3n) is 2.59. The van der Waals surface area contributed by atoms with E-state index in [9.17, 15) is 0 Å². The Labute approximate surface area is 119 Å². The number of nitrogens with one attached hydrogen (secondary N) is 2. The van der Waals surface area contributed by atoms with Crippen LogP contribution in [0.5, 0.6) is 0 Å². The first-order valence-corrected chi connectivity index (χ1v) is 7.52. The minimum Gasteiger partial charge on any atom is -0.377 e. The van der Waals surface area contributed by atoms with Crippen molar-refractivity contribution >= 4 is 0 Å². The maximum absolute atomic E-state index is 5.76. The average Bonchev–Trinajstić information content (AvgIpc) is 2.24. The molecule has 19 heavy (non-hydrogen) atoms. The van der Waals surface area contributed by atoms with Gasteiger partial charge in [-0.15, -0.1) is 0 Å². The molecule has 0 amide bonds. The fourth-order valence-electron chi connectivity index (χ4n) is 2.00. The molecule has 2 N–H and O–H groups in total. The van der Waals surface area contributed by atoms with Crippen LogP contribution in [0.2, 0.25) is 0 Å². The first-order chi connectivity index (χ1) is 8.81. The highest BCUT2D eigenvalue weighted by molar-refractivity contribution is 4.65. The Balaban J connectivity index is 3.56. The second kappa shape index (κ2) is 10.6. The van der Waals surface area contributed by atoms with Crippen molar-refractivity contribution in [3.63, 3.8) is 0 Å². The Hall–Kier alpha value is -0.160. The fraction of sp³-hybridized carbons (Fsp3) is 1.00. The van der Waals surface area contributed by atoms with Gasteiger partial charge < -0.3 is 20.1 Å². The summed E-state index contributed by atoms with van der Waals surface area (Å²) in [4.78, 5) is 0. The highest BCUT2D eigenvalue weighted by atomic mass is 16.5. The Bertz CT molecular complexity index is 210. The zero-order valence-corrected chi connectivity index (χ0v) is 13.8. The summed E-state index contributed by atoms with van der Waals surface area (Å²) in [6, 6.07) is 1.75. The molecule has 0 aliphatic rings. The van der Waals surface area contributed by atoms with Crippen molar-refractivity contribution in [3.05, 3.63) is 0 Å². The van der Waals surface area contributed by atoms with Crippen molar-refractivity contribution in [3.8, 4) is 0 Å². The highest BCUT2D eigenvalue weighted by Crippen LogP contribution is 1.97. The number of rotatable bonds is 11. The standard InChI is InChI=1S/C15H34N2O2/c1-11(2)16-13(5)8-18-10-15(7)19-9-14(6)17-12(3)4/h11-17H,8-10H2,1-7H3. The van der Waals surface area contributed by atoms with Crippen molar-refractivity contribution in [2.45, 2.75) is 78.7 Å². The van der Waals surface area contributed by atoms with E-state index in [4.69, 9.17) is 9.47 Å². The van der Waals surface area contributed by atoms with Crippen molar-refractivity contribution in [2.24, 2.45) is 0 Å². The smallest absolute Gasteiger partial charge is 0.0781 e. The van der Waals surface area contributed by atoms with Gasteiger partial charge in [0.15, 0.2) is 0 Å². The van der Waals surface area contributed by atoms with Crippen LogP contribution in [-0.4, -0.2) is 50.1 Å². The zero-order valence-electron chi connectivity index (χ0n) is 13.8. The van der Waals surface area contributed by atoms with Crippen LogP contribution in [0.4, 0.5) is 0 Å². The Morgan fingerprint density at radius 2 is 1.16 bits per heavy atom. The third-order valence-corrected chi connectivity index (χ3v) is 2.59. The van der Waals surface area contributed by atoms with Crippen LogP contribution >= 0.6 is 0 Å². The predicted octanol–water partition coefficient (Wildman–Crippen LogP) is 2.18. The van der Waals surface area contributed by atoms with Gasteiger partial charge >= 0.3 is 0 Å². The molecule has 116 valence electrons. The van der Waals surface area contributed by atoms with Gasteiger partial charge in [0, 0.05) is 24.2 Å². The number of hydrogen-bond acceptors (Lipinski definition) is 4. The van der Waals surface area contributed by atoms with Crippen LogP contribution < -0.4 is 10.6 Å². The number of ether oxygens (including phenoxy) is 2. The maximum atomic E-state index is 5.76. The van der Waals surface area contributed by atoms with E-state index < -0.39 is 0 Å². The normalized spacial score (nSPS) is 16.9. The topological polar surface area (TPSA) is 42.5 Å². The van der Waals surface area contributed by atoms with Gasteiger partial charge in [0.1, 0.15) is 0 Å². The molecular weight excluding hydrogens is 240 g/mol. The van der Waals surface area contributed by atoms with E-state index in [1.54, 1.807) is 0 Å². The summed E-state index contributed by atoms with van der Waals surface area (Å²) >= 11 is 0. The number of hydrogen-bond donors (Lipinski definition) is 2. The van der Waals surface area contributed by atoms with E-state index in [-0.39, 0.29) is 6.10 Å². The molecule has 0 saturated carbocycles. The van der Waals surface area contributed by atoms with E-state index in [1.807, 2.05) is 0 Å². The predicted molar refractivity (Wildman–Crippen MR) is 81.7 cm³/mol. The quantitative estimate of drug-likeness (QED) is 0.606. The van der Waals surface area contributed by atoms with E-state index >= 15 is 0 Å². The molecule has 0 heterocycles. The minimum atomic E-state index is 0.141. The Kier molecular flexibility index (Phi) is 10.5. The molecule has 0 saturated heterocycles. The van der Waals surface area contributed by atoms with Gasteiger partial charge in [-0.1, -0.05) is 27.7 Å². The Morgan fingerprint density at radius 3 is 1.63 bits per heavy atom. The zero-order chi connectivity index (χ0) is 14.8. The first kappa shape index (κ1) is 18.8. The van der Waals surface area contributed by atoms with Gasteiger partial charge in [-0.05, 0) is 20.8 Å². The van der Waals surface area contributed by atoms with Gasteiger partial charge in [-0.25, -0.2) is 0 Å². The maximum Gasteiger partial charge on any atom is 0.0781 e. The average molecular weight is 274 g/mol. The van der Waals surface area contributed by atoms with Crippen molar-refractivity contribution in [1.29, 1.82) is 0 Å². The molecule has 0 bridgehead atoms. The molecule has 0 aliphatic carbocycles. The molecule has 0 spiro atoms. The van der Waals surface area contributed by atoms with Crippen LogP contribution in [0, 0.1) is 0 Å². The van der Waals surface area contributed by atoms with Gasteiger partial charge in [0.2, 0.25) is 0 Å². The molecule has 3 unspecified atom stereocenters. The lowest BCUT2D eigenvalue weighted by molar-refractivity contribution is -0.0175. The molecule has 0 aromatic rings. The SMILES string of the molecule is CC(C)NC(C)COCC(C)OCC(C)NC(C)C. The first-order valence-electron chi connectivity index (χ1n) is 7.52. The summed E-state index contributed by atoms with van der Waals surface area (Å²) in [5, 5.41) is 6.83. The van der Waals surface area contributed by atoms with Crippen LogP contribution in [0.1, 0.15) is 48.5 Å². The summed E-state index contributed by atoms with van der Waals surface area (Å²) in [5.74, 6) is 0. The molecule has 4 heteroatoms. The molecule has 0 radical (unpaired) electrons. The van der Waals surface area contributed by atoms with Gasteiger partial charge in [0.05, 0.1) is 25.9 Å². The van der Waals surface area contributed by atoms with Gasteiger partial charge in [-0.2, -0.15) is 0 Å².